The number of ether oxygens (including phenoxy) is 1. The van der Waals surface area contributed by atoms with Crippen LogP contribution in [0.15, 0.2) is 30.5 Å². The molecule has 0 bridgehead atoms. The highest BCUT2D eigenvalue weighted by Crippen LogP contribution is 2.47. The Balaban J connectivity index is 2.39. The van der Waals surface area contributed by atoms with Gasteiger partial charge in [-0.05, 0) is 46.0 Å². The molecule has 1 heterocycles. The number of hydrogen-bond donors (Lipinski definition) is 1. The molecule has 0 saturated carbocycles. The van der Waals surface area contributed by atoms with E-state index in [2.05, 4.69) is 9.99 Å². The third-order valence-corrected chi connectivity index (χ3v) is 5.98. The molecule has 7 nitrogen and oxygen atoms in total. The summed E-state index contributed by atoms with van der Waals surface area (Å²) in [5.41, 5.74) is 1.90. The second-order valence-electron chi connectivity index (χ2n) is 6.15. The van der Waals surface area contributed by atoms with E-state index in [4.69, 9.17) is 9.26 Å². The Morgan fingerprint density at radius 2 is 1.96 bits per heavy atom. The molecule has 0 saturated heterocycles. The smallest absolute Gasteiger partial charge is 0.373 e. The third kappa shape index (κ3) is 4.95. The van der Waals surface area contributed by atoms with Crippen LogP contribution < -0.4 is 5.09 Å². The fourth-order valence-electron chi connectivity index (χ4n) is 2.73. The van der Waals surface area contributed by atoms with E-state index in [1.807, 2.05) is 44.6 Å². The first-order valence-corrected chi connectivity index (χ1v) is 10.4. The van der Waals surface area contributed by atoms with Gasteiger partial charge in [-0.1, -0.05) is 18.2 Å². The average molecular weight is 381 g/mol. The van der Waals surface area contributed by atoms with Gasteiger partial charge in [0.05, 0.1) is 18.7 Å². The number of hydrogen-bond acceptors (Lipinski definition) is 5. The number of carbonyl (C=O) groups excluding carboxylic acids is 1. The quantitative estimate of drug-likeness (QED) is 0.504. The van der Waals surface area contributed by atoms with E-state index >= 15 is 0 Å². The third-order valence-electron chi connectivity index (χ3n) is 3.92. The van der Waals surface area contributed by atoms with Gasteiger partial charge in [-0.3, -0.25) is 9.13 Å². The number of esters is 1. The van der Waals surface area contributed by atoms with Gasteiger partial charge >= 0.3 is 13.6 Å². The number of nitrogens with zero attached hydrogens (tertiary/aromatic N) is 2. The standard InChI is InChI=1S/C18H28N3O4P/c1-5-24-18(22)13-19-26(23,25-6-2)21-14-15(11-12-20(3)4)16-9-7-8-10-17(16)21/h7-10,14H,5-6,11-13H2,1-4H3,(H,19,23). The largest absolute Gasteiger partial charge is 0.465 e. The van der Waals surface area contributed by atoms with Crippen molar-refractivity contribution in [2.24, 2.45) is 0 Å². The summed E-state index contributed by atoms with van der Waals surface area (Å²) in [5.74, 6) is -0.461. The lowest BCUT2D eigenvalue weighted by Crippen LogP contribution is -2.26. The number of benzene rings is 1. The molecule has 1 N–H and O–H groups in total. The van der Waals surface area contributed by atoms with Crippen molar-refractivity contribution in [3.63, 3.8) is 0 Å². The number of para-hydroxylation sites is 1. The molecule has 0 fully saturated rings. The van der Waals surface area contributed by atoms with Gasteiger partial charge in [0, 0.05) is 18.1 Å². The van der Waals surface area contributed by atoms with E-state index < -0.39 is 13.6 Å². The van der Waals surface area contributed by atoms with E-state index in [0.29, 0.717) is 0 Å². The number of rotatable bonds is 10. The van der Waals surface area contributed by atoms with Crippen molar-refractivity contribution in [1.82, 2.24) is 14.3 Å². The zero-order valence-electron chi connectivity index (χ0n) is 15.9. The van der Waals surface area contributed by atoms with Crippen LogP contribution in [0.1, 0.15) is 19.4 Å². The van der Waals surface area contributed by atoms with E-state index in [0.717, 1.165) is 29.4 Å². The predicted octanol–water partition coefficient (Wildman–Crippen LogP) is 2.89. The van der Waals surface area contributed by atoms with Crippen molar-refractivity contribution < 1.29 is 18.6 Å². The predicted molar refractivity (Wildman–Crippen MR) is 103 cm³/mol. The maximum atomic E-state index is 13.5. The van der Waals surface area contributed by atoms with Crippen LogP contribution in [-0.2, 0) is 25.0 Å². The van der Waals surface area contributed by atoms with Crippen molar-refractivity contribution in [2.45, 2.75) is 20.3 Å². The van der Waals surface area contributed by atoms with E-state index in [9.17, 15) is 9.36 Å². The van der Waals surface area contributed by atoms with Gasteiger partial charge in [0.1, 0.15) is 6.54 Å². The lowest BCUT2D eigenvalue weighted by Gasteiger charge is -2.20. The molecule has 8 heteroatoms. The summed E-state index contributed by atoms with van der Waals surface area (Å²) in [7, 11) is 0.569. The zero-order chi connectivity index (χ0) is 19.2. The van der Waals surface area contributed by atoms with Gasteiger partial charge in [0.15, 0.2) is 0 Å². The first-order valence-electron chi connectivity index (χ1n) is 8.81. The maximum absolute atomic E-state index is 13.5. The van der Waals surface area contributed by atoms with Crippen LogP contribution in [-0.4, -0.2) is 55.6 Å². The molecule has 0 spiro atoms. The second kappa shape index (κ2) is 9.33. The van der Waals surface area contributed by atoms with E-state index in [-0.39, 0.29) is 19.8 Å². The Hall–Kier alpha value is -1.66. The lowest BCUT2D eigenvalue weighted by molar-refractivity contribution is -0.141. The molecule has 0 aliphatic heterocycles. The number of carbonyl (C=O) groups is 1. The minimum Gasteiger partial charge on any atom is -0.465 e. The first-order chi connectivity index (χ1) is 12.4. The van der Waals surface area contributed by atoms with Crippen LogP contribution >= 0.6 is 7.67 Å². The minimum atomic E-state index is -3.47. The molecule has 144 valence electrons. The van der Waals surface area contributed by atoms with Crippen molar-refractivity contribution in [3.8, 4) is 0 Å². The van der Waals surface area contributed by atoms with Gasteiger partial charge in [-0.25, -0.2) is 9.65 Å². The summed E-state index contributed by atoms with van der Waals surface area (Å²) in [6.45, 7) is 4.74. The Labute approximate surface area is 154 Å². The number of aromatic nitrogens is 1. The van der Waals surface area contributed by atoms with Gasteiger partial charge in [0.25, 0.3) is 0 Å². The molecule has 0 aliphatic carbocycles. The molecule has 1 aromatic carbocycles. The van der Waals surface area contributed by atoms with Crippen LogP contribution in [0.25, 0.3) is 10.9 Å². The summed E-state index contributed by atoms with van der Waals surface area (Å²) in [6, 6.07) is 7.78. The number of nitrogens with one attached hydrogen (secondary N) is 1. The minimum absolute atomic E-state index is 0.176. The molecule has 1 aromatic heterocycles. The fourth-order valence-corrected chi connectivity index (χ4v) is 4.52. The molecule has 0 amide bonds. The summed E-state index contributed by atoms with van der Waals surface area (Å²) in [5, 5.41) is 3.81. The van der Waals surface area contributed by atoms with Crippen LogP contribution in [0, 0.1) is 0 Å². The molecule has 2 rings (SSSR count). The van der Waals surface area contributed by atoms with Gasteiger partial charge in [-0.15, -0.1) is 0 Å². The maximum Gasteiger partial charge on any atom is 0.373 e. The van der Waals surface area contributed by atoms with E-state index in [1.165, 1.54) is 0 Å². The first kappa shape index (κ1) is 20.6. The summed E-state index contributed by atoms with van der Waals surface area (Å²) in [6.07, 6.45) is 2.69. The fraction of sp³-hybridized carbons (Fsp3) is 0.500. The Morgan fingerprint density at radius 1 is 1.23 bits per heavy atom. The molecule has 1 atom stereocenters. The van der Waals surface area contributed by atoms with Gasteiger partial charge < -0.3 is 14.2 Å². The molecule has 2 aromatic rings. The molecule has 26 heavy (non-hydrogen) atoms. The highest BCUT2D eigenvalue weighted by atomic mass is 31.2. The summed E-state index contributed by atoms with van der Waals surface area (Å²) in [4.78, 5) is 13.8. The van der Waals surface area contributed by atoms with Gasteiger partial charge in [0.2, 0.25) is 0 Å². The van der Waals surface area contributed by atoms with E-state index in [1.54, 1.807) is 18.2 Å². The highest BCUT2D eigenvalue weighted by molar-refractivity contribution is 7.55. The SMILES string of the molecule is CCOC(=O)CNP(=O)(OCC)n1cc(CCN(C)C)c2ccccc21. The van der Waals surface area contributed by atoms with Crippen molar-refractivity contribution >= 4 is 24.5 Å². The van der Waals surface area contributed by atoms with Crippen molar-refractivity contribution in [1.29, 1.82) is 0 Å². The molecular weight excluding hydrogens is 353 g/mol. The van der Waals surface area contributed by atoms with Crippen LogP contribution in [0.5, 0.6) is 0 Å². The number of likely N-dealkylation sites (N-methyl/N-ethyl adjacent to an activating group) is 1. The Morgan fingerprint density at radius 3 is 2.62 bits per heavy atom. The zero-order valence-corrected chi connectivity index (χ0v) is 16.8. The van der Waals surface area contributed by atoms with Crippen LogP contribution in [0.2, 0.25) is 0 Å². The molecule has 0 radical (unpaired) electrons. The lowest BCUT2D eigenvalue weighted by atomic mass is 10.1. The molecule has 0 aliphatic rings. The number of fused-ring (bicyclic) bond motifs is 1. The van der Waals surface area contributed by atoms with Crippen molar-refractivity contribution in [2.75, 3.05) is 40.4 Å². The molecular formula is C18H28N3O4P. The Bertz CT molecular complexity index is 788. The molecule has 1 unspecified atom stereocenters. The van der Waals surface area contributed by atoms with Crippen LogP contribution in [0.3, 0.4) is 0 Å². The average Bonchev–Trinajstić information content (AvgIpc) is 2.98. The highest BCUT2D eigenvalue weighted by Gasteiger charge is 2.28. The van der Waals surface area contributed by atoms with Gasteiger partial charge in [-0.2, -0.15) is 0 Å². The summed E-state index contributed by atoms with van der Waals surface area (Å²) < 4.78 is 25.6. The van der Waals surface area contributed by atoms with Crippen molar-refractivity contribution in [3.05, 3.63) is 36.0 Å². The second-order valence-corrected chi connectivity index (χ2v) is 8.19. The summed E-state index contributed by atoms with van der Waals surface area (Å²) >= 11 is 0. The Kier molecular flexibility index (Phi) is 7.41. The monoisotopic (exact) mass is 381 g/mol. The normalized spacial score (nSPS) is 13.9. The van der Waals surface area contributed by atoms with Crippen LogP contribution in [0.4, 0.5) is 0 Å². The topological polar surface area (TPSA) is 72.8 Å².